The number of halogens is 2. The van der Waals surface area contributed by atoms with Gasteiger partial charge in [-0.15, -0.1) is 34.0 Å². The van der Waals surface area contributed by atoms with Gasteiger partial charge in [0, 0.05) is 0 Å². The Kier molecular flexibility index (Phi) is 6.49. The summed E-state index contributed by atoms with van der Waals surface area (Å²) in [5.74, 6) is -0.796. The van der Waals surface area contributed by atoms with Crippen molar-refractivity contribution in [3.63, 3.8) is 0 Å². The summed E-state index contributed by atoms with van der Waals surface area (Å²) < 4.78 is 4.08. The van der Waals surface area contributed by atoms with Crippen molar-refractivity contribution < 1.29 is 14.3 Å². The van der Waals surface area contributed by atoms with E-state index in [4.69, 9.17) is 0 Å². The average molecular weight is 262 g/mol. The van der Waals surface area contributed by atoms with E-state index in [2.05, 4.69) is 4.74 Å². The lowest BCUT2D eigenvalue weighted by molar-refractivity contribution is -0.151. The number of carbonyl (C=O) groups excluding carboxylic acids is 2. The molecule has 1 heterocycles. The summed E-state index contributed by atoms with van der Waals surface area (Å²) in [5, 5.41) is 0. The zero-order valence-corrected chi connectivity index (χ0v) is 7.88. The lowest BCUT2D eigenvalue weighted by atomic mass is 10.4. The quantitative estimate of drug-likeness (QED) is 0.483. The van der Waals surface area contributed by atoms with Crippen molar-refractivity contribution in [3.05, 3.63) is 0 Å². The van der Waals surface area contributed by atoms with E-state index in [1.807, 2.05) is 0 Å². The lowest BCUT2D eigenvalue weighted by Crippen LogP contribution is -1.94. The fourth-order valence-electron chi connectivity index (χ4n) is 0.433. The molecule has 0 aromatic heterocycles. The summed E-state index contributed by atoms with van der Waals surface area (Å²) in [6.45, 7) is 0. The molecule has 0 amide bonds. The first-order valence-corrected chi connectivity index (χ1v) is 2.02. The molecule has 1 saturated heterocycles. The van der Waals surface area contributed by atoms with Crippen LogP contribution in [-0.2, 0) is 14.3 Å². The molecule has 1 rings (SSSR count). The Morgan fingerprint density at radius 3 is 1.44 bits per heavy atom. The van der Waals surface area contributed by atoms with E-state index in [-0.39, 0.29) is 46.8 Å². The third-order valence-corrected chi connectivity index (χ3v) is 0.761. The predicted molar refractivity (Wildman–Crippen MR) is 41.0 cm³/mol. The molecule has 0 aliphatic carbocycles. The van der Waals surface area contributed by atoms with Gasteiger partial charge in [0.15, 0.2) is 0 Å². The first-order chi connectivity index (χ1) is 3.29. The highest BCUT2D eigenvalue weighted by Gasteiger charge is 2.19. The van der Waals surface area contributed by atoms with E-state index in [0.717, 1.165) is 0 Å². The second kappa shape index (κ2) is 4.93. The zero-order valence-electron chi connectivity index (χ0n) is 4.46. The number of esters is 2. The van der Waals surface area contributed by atoms with Crippen LogP contribution < -0.4 is 0 Å². The topological polar surface area (TPSA) is 43.4 Å². The van der Waals surface area contributed by atoms with Gasteiger partial charge in [-0.3, -0.25) is 9.59 Å². The highest BCUT2D eigenvalue weighted by atomic mass is 79.9. The van der Waals surface area contributed by atoms with Crippen molar-refractivity contribution in [2.24, 2.45) is 0 Å². The summed E-state index contributed by atoms with van der Waals surface area (Å²) >= 11 is 0. The van der Waals surface area contributed by atoms with Crippen molar-refractivity contribution in [1.82, 2.24) is 0 Å². The van der Waals surface area contributed by atoms with Crippen LogP contribution in [0.5, 0.6) is 0 Å². The minimum absolute atomic E-state index is 0. The molecule has 9 heavy (non-hydrogen) atoms. The fourth-order valence-corrected chi connectivity index (χ4v) is 0.433. The monoisotopic (exact) mass is 260 g/mol. The van der Waals surface area contributed by atoms with Crippen LogP contribution in [0.4, 0.5) is 0 Å². The Bertz CT molecular complexity index is 109. The van der Waals surface area contributed by atoms with Gasteiger partial charge in [-0.25, -0.2) is 0 Å². The summed E-state index contributed by atoms with van der Waals surface area (Å²) in [6.07, 6.45) is 0.525. The van der Waals surface area contributed by atoms with Crippen molar-refractivity contribution >= 4 is 45.9 Å². The van der Waals surface area contributed by atoms with Crippen LogP contribution >= 0.6 is 34.0 Å². The number of hydrogen-bond donors (Lipinski definition) is 0. The van der Waals surface area contributed by atoms with Crippen LogP contribution in [0.1, 0.15) is 12.8 Å². The van der Waals surface area contributed by atoms with E-state index in [1.165, 1.54) is 0 Å². The number of carbonyl (C=O) groups is 2. The predicted octanol–water partition coefficient (Wildman–Crippen LogP) is 1.01. The molecule has 0 bridgehead atoms. The molecule has 0 radical (unpaired) electrons. The van der Waals surface area contributed by atoms with Crippen LogP contribution in [0.15, 0.2) is 0 Å². The minimum atomic E-state index is -0.398. The zero-order chi connectivity index (χ0) is 5.28. The van der Waals surface area contributed by atoms with Gasteiger partial charge in [0.1, 0.15) is 0 Å². The minimum Gasteiger partial charge on any atom is -0.393 e. The van der Waals surface area contributed by atoms with Gasteiger partial charge in [0.05, 0.1) is 12.8 Å². The molecule has 3 nitrogen and oxygen atoms in total. The van der Waals surface area contributed by atoms with Crippen molar-refractivity contribution in [3.8, 4) is 0 Å². The first-order valence-electron chi connectivity index (χ1n) is 2.02. The molecule has 0 unspecified atom stereocenters. The second-order valence-corrected chi connectivity index (χ2v) is 1.35. The summed E-state index contributed by atoms with van der Waals surface area (Å²) in [4.78, 5) is 20.0. The van der Waals surface area contributed by atoms with Gasteiger partial charge in [0.25, 0.3) is 0 Å². The van der Waals surface area contributed by atoms with Crippen LogP contribution in [0, 0.1) is 0 Å². The summed E-state index contributed by atoms with van der Waals surface area (Å²) in [7, 11) is 0. The molecule has 0 aromatic carbocycles. The largest absolute Gasteiger partial charge is 0.393 e. The van der Waals surface area contributed by atoms with Gasteiger partial charge < -0.3 is 4.74 Å². The van der Waals surface area contributed by atoms with E-state index in [0.29, 0.717) is 0 Å². The molecule has 0 saturated carbocycles. The van der Waals surface area contributed by atoms with Crippen molar-refractivity contribution in [2.45, 2.75) is 12.8 Å². The first kappa shape index (κ1) is 11.8. The molecule has 0 atom stereocenters. The van der Waals surface area contributed by atoms with E-state index in [1.54, 1.807) is 0 Å². The highest BCUT2D eigenvalue weighted by Crippen LogP contribution is 2.03. The number of hydrogen-bond acceptors (Lipinski definition) is 3. The molecular weight excluding hydrogens is 256 g/mol. The fraction of sp³-hybridized carbons (Fsp3) is 0.500. The van der Waals surface area contributed by atoms with Crippen LogP contribution in [0.3, 0.4) is 0 Å². The maximum Gasteiger partial charge on any atom is 0.314 e. The highest BCUT2D eigenvalue weighted by molar-refractivity contribution is 8.93. The molecule has 1 aliphatic rings. The standard InChI is InChI=1S/C4H4O3.2BrH/c5-3-1-2-4(6)7-3;;/h1-2H2;2*1H. The third kappa shape index (κ3) is 3.64. The maximum absolute atomic E-state index is 10.0. The smallest absolute Gasteiger partial charge is 0.314 e. The Labute approximate surface area is 73.3 Å². The van der Waals surface area contributed by atoms with Crippen LogP contribution in [0.2, 0.25) is 0 Å². The van der Waals surface area contributed by atoms with Crippen molar-refractivity contribution in [2.75, 3.05) is 0 Å². The molecule has 1 fully saturated rings. The van der Waals surface area contributed by atoms with E-state index < -0.39 is 11.9 Å². The lowest BCUT2D eigenvalue weighted by Gasteiger charge is -1.79. The van der Waals surface area contributed by atoms with Crippen molar-refractivity contribution in [1.29, 1.82) is 0 Å². The Hall–Kier alpha value is 0.100. The average Bonchev–Trinajstić information content (AvgIpc) is 1.87. The number of cyclic esters (lactones) is 2. The van der Waals surface area contributed by atoms with Gasteiger partial charge >= 0.3 is 11.9 Å². The molecule has 0 N–H and O–H groups in total. The van der Waals surface area contributed by atoms with Gasteiger partial charge in [0.2, 0.25) is 0 Å². The SMILES string of the molecule is Br.Br.O=C1CCC(=O)O1. The number of ether oxygens (including phenoxy) is 1. The van der Waals surface area contributed by atoms with Gasteiger partial charge in [-0.2, -0.15) is 0 Å². The Morgan fingerprint density at radius 1 is 1.00 bits per heavy atom. The van der Waals surface area contributed by atoms with Crippen LogP contribution in [-0.4, -0.2) is 11.9 Å². The Balaban J connectivity index is 0. The van der Waals surface area contributed by atoms with Gasteiger partial charge in [-0.05, 0) is 0 Å². The third-order valence-electron chi connectivity index (χ3n) is 0.761. The van der Waals surface area contributed by atoms with Gasteiger partial charge in [-0.1, -0.05) is 0 Å². The molecule has 1 aliphatic heterocycles. The number of rotatable bonds is 0. The molecule has 54 valence electrons. The molecule has 0 aromatic rings. The second-order valence-electron chi connectivity index (χ2n) is 1.35. The molecular formula is C4H6Br2O3. The molecule has 0 spiro atoms. The summed E-state index contributed by atoms with van der Waals surface area (Å²) in [5.41, 5.74) is 0. The Morgan fingerprint density at radius 2 is 1.33 bits per heavy atom. The molecule has 5 heteroatoms. The van der Waals surface area contributed by atoms with E-state index >= 15 is 0 Å². The van der Waals surface area contributed by atoms with E-state index in [9.17, 15) is 9.59 Å². The summed E-state index contributed by atoms with van der Waals surface area (Å²) in [6, 6.07) is 0. The normalized spacial score (nSPS) is 15.6. The van der Waals surface area contributed by atoms with Crippen LogP contribution in [0.25, 0.3) is 0 Å². The maximum atomic E-state index is 10.0.